The maximum atomic E-state index is 5.84. The Labute approximate surface area is 99.7 Å². The van der Waals surface area contributed by atoms with Gasteiger partial charge in [-0.3, -0.25) is 4.98 Å². The van der Waals surface area contributed by atoms with Gasteiger partial charge in [0.05, 0.1) is 19.5 Å². The topological polar surface area (TPSA) is 73.1 Å². The molecule has 0 radical (unpaired) electrons. The number of nitrogens with two attached hydrogens (primary N) is 1. The average Bonchev–Trinajstić information content (AvgIpc) is 2.38. The van der Waals surface area contributed by atoms with Gasteiger partial charge < -0.3 is 15.8 Å². The van der Waals surface area contributed by atoms with E-state index in [2.05, 4.69) is 15.3 Å². The van der Waals surface area contributed by atoms with Crippen molar-refractivity contribution in [3.05, 3.63) is 42.2 Å². The third-order valence-electron chi connectivity index (χ3n) is 2.34. The number of para-hydroxylation sites is 1. The van der Waals surface area contributed by atoms with E-state index in [0.717, 1.165) is 11.3 Å². The number of hydrogen-bond donors (Lipinski definition) is 2. The molecule has 2 aromatic rings. The predicted molar refractivity (Wildman–Crippen MR) is 66.8 cm³/mol. The molecule has 5 heteroatoms. The number of nitrogens with zero attached hydrogens (tertiary/aromatic N) is 2. The molecule has 0 bridgehead atoms. The summed E-state index contributed by atoms with van der Waals surface area (Å²) in [5.41, 5.74) is 7.63. The lowest BCUT2D eigenvalue weighted by atomic mass is 10.2. The monoisotopic (exact) mass is 230 g/mol. The van der Waals surface area contributed by atoms with E-state index < -0.39 is 0 Å². The van der Waals surface area contributed by atoms with Gasteiger partial charge in [0.2, 0.25) is 5.88 Å². The molecule has 1 aromatic carbocycles. The maximum absolute atomic E-state index is 5.84. The summed E-state index contributed by atoms with van der Waals surface area (Å²) in [6.07, 6.45) is 3.20. The fraction of sp³-hybridized carbons (Fsp3) is 0.167. The van der Waals surface area contributed by atoms with Crippen LogP contribution in [0.2, 0.25) is 0 Å². The average molecular weight is 230 g/mol. The SMILES string of the molecule is COc1cncc(NCc2ccccc2N)n1. The first-order chi connectivity index (χ1) is 8.29. The van der Waals surface area contributed by atoms with Crippen molar-refractivity contribution in [2.24, 2.45) is 0 Å². The van der Waals surface area contributed by atoms with Crippen LogP contribution in [0, 0.1) is 0 Å². The van der Waals surface area contributed by atoms with Crippen molar-refractivity contribution in [2.75, 3.05) is 18.2 Å². The largest absolute Gasteiger partial charge is 0.480 e. The highest BCUT2D eigenvalue weighted by molar-refractivity contribution is 5.48. The summed E-state index contributed by atoms with van der Waals surface area (Å²) in [4.78, 5) is 8.21. The molecule has 5 nitrogen and oxygen atoms in total. The first kappa shape index (κ1) is 11.2. The van der Waals surface area contributed by atoms with Gasteiger partial charge in [-0.05, 0) is 11.6 Å². The highest BCUT2D eigenvalue weighted by atomic mass is 16.5. The number of methoxy groups -OCH3 is 1. The van der Waals surface area contributed by atoms with Gasteiger partial charge >= 0.3 is 0 Å². The molecule has 0 aliphatic rings. The van der Waals surface area contributed by atoms with Gasteiger partial charge in [-0.2, -0.15) is 4.98 Å². The standard InChI is InChI=1S/C12H14N4O/c1-17-12-8-14-7-11(16-12)15-6-9-4-2-3-5-10(9)13/h2-5,7-8H,6,13H2,1H3,(H,15,16). The van der Waals surface area contributed by atoms with E-state index >= 15 is 0 Å². The molecule has 1 heterocycles. The molecule has 0 spiro atoms. The molecular weight excluding hydrogens is 216 g/mol. The molecular formula is C12H14N4O. The van der Waals surface area contributed by atoms with Gasteiger partial charge in [0.15, 0.2) is 0 Å². The molecule has 17 heavy (non-hydrogen) atoms. The number of ether oxygens (including phenoxy) is 1. The van der Waals surface area contributed by atoms with Gasteiger partial charge in [0.25, 0.3) is 0 Å². The van der Waals surface area contributed by atoms with E-state index in [1.54, 1.807) is 19.5 Å². The van der Waals surface area contributed by atoms with Crippen molar-refractivity contribution < 1.29 is 4.74 Å². The molecule has 3 N–H and O–H groups in total. The van der Waals surface area contributed by atoms with E-state index in [-0.39, 0.29) is 0 Å². The van der Waals surface area contributed by atoms with Crippen LogP contribution in [0.15, 0.2) is 36.7 Å². The van der Waals surface area contributed by atoms with Crippen molar-refractivity contribution >= 4 is 11.5 Å². The summed E-state index contributed by atoms with van der Waals surface area (Å²) in [6.45, 7) is 0.606. The molecule has 0 aliphatic carbocycles. The normalized spacial score (nSPS) is 9.94. The molecule has 0 aliphatic heterocycles. The van der Waals surface area contributed by atoms with Crippen molar-refractivity contribution in [3.8, 4) is 5.88 Å². The van der Waals surface area contributed by atoms with Crippen LogP contribution in [0.5, 0.6) is 5.88 Å². The summed E-state index contributed by atoms with van der Waals surface area (Å²) in [6, 6.07) is 7.69. The fourth-order valence-corrected chi connectivity index (χ4v) is 1.41. The molecule has 88 valence electrons. The predicted octanol–water partition coefficient (Wildman–Crippen LogP) is 1.68. The summed E-state index contributed by atoms with van der Waals surface area (Å²) in [7, 11) is 1.56. The molecule has 0 saturated heterocycles. The third-order valence-corrected chi connectivity index (χ3v) is 2.34. The molecule has 1 aromatic heterocycles. The minimum atomic E-state index is 0.482. The lowest BCUT2D eigenvalue weighted by molar-refractivity contribution is 0.396. The van der Waals surface area contributed by atoms with Gasteiger partial charge in [0, 0.05) is 12.2 Å². The van der Waals surface area contributed by atoms with Gasteiger partial charge in [-0.1, -0.05) is 18.2 Å². The quantitative estimate of drug-likeness (QED) is 0.782. The van der Waals surface area contributed by atoms with Crippen molar-refractivity contribution in [1.29, 1.82) is 0 Å². The van der Waals surface area contributed by atoms with Crippen molar-refractivity contribution in [2.45, 2.75) is 6.54 Å². The number of hydrogen-bond acceptors (Lipinski definition) is 5. The summed E-state index contributed by atoms with van der Waals surface area (Å²) >= 11 is 0. The second-order valence-corrected chi connectivity index (χ2v) is 3.50. The molecule has 0 atom stereocenters. The van der Waals surface area contributed by atoms with Crippen molar-refractivity contribution in [1.82, 2.24) is 9.97 Å². The Hall–Kier alpha value is -2.30. The van der Waals surface area contributed by atoms with Gasteiger partial charge in [0.1, 0.15) is 5.82 Å². The van der Waals surface area contributed by atoms with Crippen LogP contribution in [-0.4, -0.2) is 17.1 Å². The smallest absolute Gasteiger partial charge is 0.233 e. The zero-order chi connectivity index (χ0) is 12.1. The fourth-order valence-electron chi connectivity index (χ4n) is 1.41. The van der Waals surface area contributed by atoms with Crippen LogP contribution >= 0.6 is 0 Å². The van der Waals surface area contributed by atoms with Crippen LogP contribution in [0.25, 0.3) is 0 Å². The van der Waals surface area contributed by atoms with Crippen molar-refractivity contribution in [3.63, 3.8) is 0 Å². The Kier molecular flexibility index (Phi) is 3.40. The van der Waals surface area contributed by atoms with Crippen LogP contribution in [0.3, 0.4) is 0 Å². The van der Waals surface area contributed by atoms with E-state index in [1.165, 1.54) is 0 Å². The molecule has 2 rings (SSSR count). The minimum absolute atomic E-state index is 0.482. The molecule has 0 saturated carbocycles. The van der Waals surface area contributed by atoms with Gasteiger partial charge in [-0.25, -0.2) is 0 Å². The Morgan fingerprint density at radius 2 is 2.12 bits per heavy atom. The van der Waals surface area contributed by atoms with E-state index in [0.29, 0.717) is 18.2 Å². The zero-order valence-electron chi connectivity index (χ0n) is 9.55. The number of aromatic nitrogens is 2. The van der Waals surface area contributed by atoms with Gasteiger partial charge in [-0.15, -0.1) is 0 Å². The van der Waals surface area contributed by atoms with Crippen LogP contribution in [0.1, 0.15) is 5.56 Å². The van der Waals surface area contributed by atoms with Crippen LogP contribution in [0.4, 0.5) is 11.5 Å². The summed E-state index contributed by atoms with van der Waals surface area (Å²) in [5, 5.41) is 3.14. The Balaban J connectivity index is 2.05. The molecule has 0 fully saturated rings. The molecule has 0 unspecified atom stereocenters. The first-order valence-corrected chi connectivity index (χ1v) is 5.23. The summed E-state index contributed by atoms with van der Waals surface area (Å²) < 4.78 is 4.99. The highest BCUT2D eigenvalue weighted by Gasteiger charge is 2.00. The van der Waals surface area contributed by atoms with Crippen LogP contribution < -0.4 is 15.8 Å². The first-order valence-electron chi connectivity index (χ1n) is 5.23. The van der Waals surface area contributed by atoms with Crippen LogP contribution in [-0.2, 0) is 6.54 Å². The zero-order valence-corrected chi connectivity index (χ0v) is 9.55. The number of nitrogen functional groups attached to an aromatic ring is 1. The molecule has 0 amide bonds. The van der Waals surface area contributed by atoms with E-state index in [9.17, 15) is 0 Å². The number of nitrogens with one attached hydrogen (secondary N) is 1. The third kappa shape index (κ3) is 2.84. The highest BCUT2D eigenvalue weighted by Crippen LogP contribution is 2.13. The second kappa shape index (κ2) is 5.16. The number of rotatable bonds is 4. The van der Waals surface area contributed by atoms with E-state index in [4.69, 9.17) is 10.5 Å². The lowest BCUT2D eigenvalue weighted by Crippen LogP contribution is -2.04. The number of benzene rings is 1. The summed E-state index contributed by atoms with van der Waals surface area (Å²) in [5.74, 6) is 1.14. The Morgan fingerprint density at radius 3 is 2.88 bits per heavy atom. The second-order valence-electron chi connectivity index (χ2n) is 3.50. The maximum Gasteiger partial charge on any atom is 0.233 e. The van der Waals surface area contributed by atoms with E-state index in [1.807, 2.05) is 24.3 Å². The Morgan fingerprint density at radius 1 is 1.29 bits per heavy atom. The minimum Gasteiger partial charge on any atom is -0.480 e. The number of anilines is 2. The lowest BCUT2D eigenvalue weighted by Gasteiger charge is -2.08. The Bertz CT molecular complexity index is 501.